The smallest absolute Gasteiger partial charge is 0.137 e. The van der Waals surface area contributed by atoms with Gasteiger partial charge in [0.25, 0.3) is 0 Å². The number of furan rings is 1. The fourth-order valence-electron chi connectivity index (χ4n) is 7.89. The standard InChI is InChI=1S/C48H29NOS2/c1-4-18-42-37(12-1)38-27-26-34(29-43(38)50-42)49(32-24-22-30(23-25-32)35-15-9-21-46-47(35)41-14-3-6-20-45(41)51-46)33-11-7-10-31(28-33)36-16-8-17-40-39-13-2-5-19-44(39)52-48(36)40/h1-29H. The Hall–Kier alpha value is -6.20. The van der Waals surface area contributed by atoms with E-state index in [0.29, 0.717) is 0 Å². The Labute approximate surface area is 308 Å². The van der Waals surface area contributed by atoms with E-state index >= 15 is 0 Å². The largest absolute Gasteiger partial charge is 0.456 e. The Bertz CT molecular complexity index is 3150. The Balaban J connectivity index is 1.08. The third kappa shape index (κ3) is 4.62. The van der Waals surface area contributed by atoms with Crippen molar-refractivity contribution in [3.63, 3.8) is 0 Å². The molecule has 11 aromatic rings. The van der Waals surface area contributed by atoms with E-state index in [4.69, 9.17) is 4.42 Å². The van der Waals surface area contributed by atoms with Crippen LogP contribution in [0.4, 0.5) is 17.1 Å². The van der Waals surface area contributed by atoms with Crippen molar-refractivity contribution in [1.29, 1.82) is 0 Å². The summed E-state index contributed by atoms with van der Waals surface area (Å²) in [6.07, 6.45) is 0. The molecule has 2 nitrogen and oxygen atoms in total. The Morgan fingerprint density at radius 1 is 0.365 bits per heavy atom. The molecular weight excluding hydrogens is 671 g/mol. The number of hydrogen-bond donors (Lipinski definition) is 0. The monoisotopic (exact) mass is 699 g/mol. The van der Waals surface area contributed by atoms with Gasteiger partial charge in [0, 0.05) is 74.2 Å². The molecule has 3 heterocycles. The lowest BCUT2D eigenvalue weighted by Gasteiger charge is -2.26. The van der Waals surface area contributed by atoms with Crippen molar-refractivity contribution in [3.8, 4) is 22.3 Å². The first-order valence-corrected chi connectivity index (χ1v) is 19.1. The zero-order valence-electron chi connectivity index (χ0n) is 27.9. The highest BCUT2D eigenvalue weighted by molar-refractivity contribution is 7.26. The normalized spacial score (nSPS) is 11.8. The third-order valence-corrected chi connectivity index (χ3v) is 12.6. The molecule has 0 spiro atoms. The maximum atomic E-state index is 6.41. The van der Waals surface area contributed by atoms with E-state index in [0.717, 1.165) is 39.0 Å². The second-order valence-electron chi connectivity index (χ2n) is 13.3. The molecule has 0 aliphatic carbocycles. The molecule has 4 heteroatoms. The van der Waals surface area contributed by atoms with Crippen LogP contribution in [0.5, 0.6) is 0 Å². The maximum Gasteiger partial charge on any atom is 0.137 e. The van der Waals surface area contributed by atoms with Crippen LogP contribution in [0.1, 0.15) is 0 Å². The third-order valence-electron chi connectivity index (χ3n) is 10.3. The zero-order valence-corrected chi connectivity index (χ0v) is 29.5. The Morgan fingerprint density at radius 2 is 1.00 bits per heavy atom. The van der Waals surface area contributed by atoms with Crippen LogP contribution in [0.3, 0.4) is 0 Å². The summed E-state index contributed by atoms with van der Waals surface area (Å²) in [7, 11) is 0. The number of thiophene rings is 2. The SMILES string of the molecule is c1cc(-c2cccc3c2sc2ccccc23)cc(N(c2ccc(-c3cccc4sc5ccccc5c34)cc2)c2ccc3c(c2)oc2ccccc23)c1. The molecule has 0 N–H and O–H groups in total. The van der Waals surface area contributed by atoms with Crippen molar-refractivity contribution >= 4 is 102 Å². The summed E-state index contributed by atoms with van der Waals surface area (Å²) in [5.74, 6) is 0. The second kappa shape index (κ2) is 11.7. The number of nitrogens with zero attached hydrogens (tertiary/aromatic N) is 1. The quantitative estimate of drug-likeness (QED) is 0.178. The van der Waals surface area contributed by atoms with Gasteiger partial charge in [-0.3, -0.25) is 0 Å². The van der Waals surface area contributed by atoms with Crippen LogP contribution in [0.15, 0.2) is 180 Å². The molecule has 0 saturated carbocycles. The van der Waals surface area contributed by atoms with Crippen molar-refractivity contribution in [2.24, 2.45) is 0 Å². The highest BCUT2D eigenvalue weighted by Gasteiger charge is 2.18. The molecule has 0 aliphatic heterocycles. The van der Waals surface area contributed by atoms with Crippen LogP contribution in [0, 0.1) is 0 Å². The lowest BCUT2D eigenvalue weighted by Crippen LogP contribution is -2.10. The van der Waals surface area contributed by atoms with Gasteiger partial charge in [0.05, 0.1) is 0 Å². The fraction of sp³-hybridized carbons (Fsp3) is 0. The van der Waals surface area contributed by atoms with Crippen molar-refractivity contribution in [1.82, 2.24) is 0 Å². The van der Waals surface area contributed by atoms with Gasteiger partial charge in [-0.05, 0) is 82.9 Å². The Kier molecular flexibility index (Phi) is 6.63. The fourth-order valence-corrected chi connectivity index (χ4v) is 10.3. The first kappa shape index (κ1) is 29.5. The van der Waals surface area contributed by atoms with E-state index in [9.17, 15) is 0 Å². The van der Waals surface area contributed by atoms with E-state index in [1.807, 2.05) is 34.8 Å². The molecule has 0 atom stereocenters. The zero-order chi connectivity index (χ0) is 34.2. The molecule has 8 aromatic carbocycles. The van der Waals surface area contributed by atoms with Crippen molar-refractivity contribution in [2.75, 3.05) is 4.90 Å². The molecule has 0 saturated heterocycles. The van der Waals surface area contributed by atoms with Gasteiger partial charge in [0.2, 0.25) is 0 Å². The number of para-hydroxylation sites is 1. The predicted octanol–water partition coefficient (Wildman–Crippen LogP) is 15.1. The van der Waals surface area contributed by atoms with E-state index in [-0.39, 0.29) is 0 Å². The lowest BCUT2D eigenvalue weighted by atomic mass is 9.99. The molecule has 0 unspecified atom stereocenters. The minimum absolute atomic E-state index is 0.877. The van der Waals surface area contributed by atoms with E-state index in [1.54, 1.807) is 0 Å². The summed E-state index contributed by atoms with van der Waals surface area (Å²) in [6, 6.07) is 63.7. The summed E-state index contributed by atoms with van der Waals surface area (Å²) in [4.78, 5) is 2.35. The average molecular weight is 700 g/mol. The number of fused-ring (bicyclic) bond motifs is 9. The molecule has 3 aromatic heterocycles. The lowest BCUT2D eigenvalue weighted by molar-refractivity contribution is 0.669. The van der Waals surface area contributed by atoms with E-state index < -0.39 is 0 Å². The molecule has 52 heavy (non-hydrogen) atoms. The average Bonchev–Trinajstić information content (AvgIpc) is 3.89. The van der Waals surface area contributed by atoms with E-state index in [1.165, 1.54) is 62.6 Å². The van der Waals surface area contributed by atoms with Gasteiger partial charge in [0.15, 0.2) is 0 Å². The van der Waals surface area contributed by atoms with Gasteiger partial charge in [-0.2, -0.15) is 0 Å². The molecule has 0 aliphatic rings. The van der Waals surface area contributed by atoms with Gasteiger partial charge in [-0.15, -0.1) is 22.7 Å². The van der Waals surface area contributed by atoms with Gasteiger partial charge in [-0.1, -0.05) is 109 Å². The molecular formula is C48H29NOS2. The topological polar surface area (TPSA) is 16.4 Å². The Morgan fingerprint density at radius 3 is 1.88 bits per heavy atom. The first-order chi connectivity index (χ1) is 25.8. The van der Waals surface area contributed by atoms with Crippen LogP contribution >= 0.6 is 22.7 Å². The maximum absolute atomic E-state index is 6.41. The van der Waals surface area contributed by atoms with E-state index in [2.05, 4.69) is 169 Å². The molecule has 0 amide bonds. The highest BCUT2D eigenvalue weighted by Crippen LogP contribution is 2.45. The highest BCUT2D eigenvalue weighted by atomic mass is 32.1. The van der Waals surface area contributed by atoms with Gasteiger partial charge in [-0.25, -0.2) is 0 Å². The summed E-state index contributed by atoms with van der Waals surface area (Å²) >= 11 is 3.73. The summed E-state index contributed by atoms with van der Waals surface area (Å²) in [5.41, 5.74) is 9.90. The van der Waals surface area contributed by atoms with Gasteiger partial charge >= 0.3 is 0 Å². The van der Waals surface area contributed by atoms with Crippen molar-refractivity contribution in [2.45, 2.75) is 0 Å². The van der Waals surface area contributed by atoms with Crippen molar-refractivity contribution in [3.05, 3.63) is 176 Å². The van der Waals surface area contributed by atoms with Crippen LogP contribution in [0.2, 0.25) is 0 Å². The van der Waals surface area contributed by atoms with Crippen molar-refractivity contribution < 1.29 is 4.42 Å². The second-order valence-corrected chi connectivity index (χ2v) is 15.4. The van der Waals surface area contributed by atoms with Gasteiger partial charge in [0.1, 0.15) is 11.2 Å². The minimum Gasteiger partial charge on any atom is -0.456 e. The summed E-state index contributed by atoms with van der Waals surface area (Å²) < 4.78 is 11.7. The summed E-state index contributed by atoms with van der Waals surface area (Å²) in [5, 5.41) is 7.51. The van der Waals surface area contributed by atoms with Crippen LogP contribution < -0.4 is 4.90 Å². The van der Waals surface area contributed by atoms with Crippen LogP contribution in [-0.4, -0.2) is 0 Å². The number of benzene rings is 8. The first-order valence-electron chi connectivity index (χ1n) is 17.5. The number of rotatable bonds is 5. The van der Waals surface area contributed by atoms with Gasteiger partial charge < -0.3 is 9.32 Å². The number of anilines is 3. The summed E-state index contributed by atoms with van der Waals surface area (Å²) in [6.45, 7) is 0. The number of hydrogen-bond acceptors (Lipinski definition) is 4. The molecule has 0 fully saturated rings. The molecule has 244 valence electrons. The molecule has 0 bridgehead atoms. The van der Waals surface area contributed by atoms with Crippen LogP contribution in [-0.2, 0) is 0 Å². The van der Waals surface area contributed by atoms with Crippen LogP contribution in [0.25, 0.3) is 84.5 Å². The molecule has 0 radical (unpaired) electrons. The minimum atomic E-state index is 0.877. The molecule has 11 rings (SSSR count). The predicted molar refractivity (Wildman–Crippen MR) is 225 cm³/mol.